The molecule has 1 aliphatic heterocycles. The fourth-order valence-electron chi connectivity index (χ4n) is 4.52. The summed E-state index contributed by atoms with van der Waals surface area (Å²) in [6, 6.07) is 26.7. The monoisotopic (exact) mass is 471 g/mol. The van der Waals surface area contributed by atoms with Crippen molar-refractivity contribution < 1.29 is 19.5 Å². The van der Waals surface area contributed by atoms with E-state index in [-0.39, 0.29) is 25.4 Å². The molecule has 1 heterocycles. The summed E-state index contributed by atoms with van der Waals surface area (Å²) in [4.78, 5) is 42.0. The molecule has 2 N–H and O–H groups in total. The number of carboxylic acid groups (broad SMARTS) is 1. The fourth-order valence-corrected chi connectivity index (χ4v) is 4.52. The summed E-state index contributed by atoms with van der Waals surface area (Å²) in [5.74, 6) is -1.20. The third-order valence-corrected chi connectivity index (χ3v) is 6.18. The molecule has 1 saturated heterocycles. The van der Waals surface area contributed by atoms with Crippen LogP contribution < -0.4 is 5.32 Å². The molecule has 1 fully saturated rings. The summed E-state index contributed by atoms with van der Waals surface area (Å²) in [5.41, 5.74) is 2.78. The van der Waals surface area contributed by atoms with E-state index in [1.54, 1.807) is 4.90 Å². The van der Waals surface area contributed by atoms with Crippen LogP contribution >= 0.6 is 0 Å². The first kappa shape index (κ1) is 24.0. The molecule has 180 valence electrons. The van der Waals surface area contributed by atoms with Crippen molar-refractivity contribution in [3.05, 3.63) is 108 Å². The van der Waals surface area contributed by atoms with E-state index < -0.39 is 24.1 Å². The van der Waals surface area contributed by atoms with E-state index in [0.29, 0.717) is 13.0 Å². The molecular formula is C28H29N3O4. The first-order valence-corrected chi connectivity index (χ1v) is 11.7. The minimum Gasteiger partial charge on any atom is -0.481 e. The number of aliphatic carboxylic acids is 1. The number of rotatable bonds is 8. The van der Waals surface area contributed by atoms with Gasteiger partial charge in [-0.05, 0) is 16.7 Å². The van der Waals surface area contributed by atoms with Gasteiger partial charge in [-0.2, -0.15) is 0 Å². The number of amides is 3. The van der Waals surface area contributed by atoms with E-state index in [1.165, 1.54) is 4.90 Å². The summed E-state index contributed by atoms with van der Waals surface area (Å²) in [7, 11) is 0. The molecule has 7 heteroatoms. The minimum absolute atomic E-state index is 0.157. The summed E-state index contributed by atoms with van der Waals surface area (Å²) >= 11 is 0. The van der Waals surface area contributed by atoms with Crippen molar-refractivity contribution in [2.75, 3.05) is 6.54 Å². The third kappa shape index (κ3) is 6.26. The van der Waals surface area contributed by atoms with Crippen LogP contribution in [0.1, 0.15) is 23.1 Å². The highest BCUT2D eigenvalue weighted by molar-refractivity contribution is 5.89. The Morgan fingerprint density at radius 1 is 0.829 bits per heavy atom. The van der Waals surface area contributed by atoms with E-state index in [2.05, 4.69) is 5.32 Å². The third-order valence-electron chi connectivity index (χ3n) is 6.18. The molecule has 3 aromatic carbocycles. The van der Waals surface area contributed by atoms with Crippen LogP contribution in [0.2, 0.25) is 0 Å². The lowest BCUT2D eigenvalue weighted by Gasteiger charge is -2.45. The molecular weight excluding hydrogens is 442 g/mol. The van der Waals surface area contributed by atoms with Gasteiger partial charge in [0.05, 0.1) is 12.5 Å². The Bertz CT molecular complexity index is 1140. The van der Waals surface area contributed by atoms with Gasteiger partial charge in [-0.15, -0.1) is 0 Å². The van der Waals surface area contributed by atoms with Crippen LogP contribution in [-0.2, 0) is 29.1 Å². The zero-order valence-corrected chi connectivity index (χ0v) is 19.4. The summed E-state index contributed by atoms with van der Waals surface area (Å²) in [6.07, 6.45) is 0.0580. The van der Waals surface area contributed by atoms with E-state index in [9.17, 15) is 19.5 Å². The van der Waals surface area contributed by atoms with Crippen LogP contribution in [-0.4, -0.2) is 51.4 Å². The molecule has 0 bridgehead atoms. The zero-order valence-electron chi connectivity index (χ0n) is 19.4. The highest BCUT2D eigenvalue weighted by atomic mass is 16.4. The van der Waals surface area contributed by atoms with Crippen LogP contribution in [0.3, 0.4) is 0 Å². The number of nitrogens with zero attached hydrogens (tertiary/aromatic N) is 2. The van der Waals surface area contributed by atoms with Gasteiger partial charge >= 0.3 is 12.0 Å². The highest BCUT2D eigenvalue weighted by Crippen LogP contribution is 2.25. The Morgan fingerprint density at radius 3 is 1.94 bits per heavy atom. The smallest absolute Gasteiger partial charge is 0.318 e. The van der Waals surface area contributed by atoms with E-state index in [4.69, 9.17) is 0 Å². The van der Waals surface area contributed by atoms with E-state index in [1.807, 2.05) is 91.0 Å². The SMILES string of the molecule is O=C(O)CC1CN(Cc2ccccc2)C(=O)C(Cc2ccccc2)N1C(=O)NCc1ccccc1. The van der Waals surface area contributed by atoms with Gasteiger partial charge in [0.25, 0.3) is 0 Å². The second-order valence-electron chi connectivity index (χ2n) is 8.71. The minimum atomic E-state index is -1.01. The molecule has 0 aliphatic carbocycles. The van der Waals surface area contributed by atoms with Gasteiger partial charge in [0.15, 0.2) is 0 Å². The van der Waals surface area contributed by atoms with Crippen LogP contribution in [0, 0.1) is 0 Å². The number of urea groups is 1. The first-order chi connectivity index (χ1) is 17.0. The molecule has 35 heavy (non-hydrogen) atoms. The van der Waals surface area contributed by atoms with Crippen LogP contribution in [0.25, 0.3) is 0 Å². The number of carbonyl (C=O) groups excluding carboxylic acids is 2. The average Bonchev–Trinajstić information content (AvgIpc) is 2.87. The topological polar surface area (TPSA) is 90.0 Å². The Balaban J connectivity index is 1.63. The molecule has 0 saturated carbocycles. The van der Waals surface area contributed by atoms with Crippen LogP contribution in [0.5, 0.6) is 0 Å². The van der Waals surface area contributed by atoms with E-state index in [0.717, 1.165) is 16.7 Å². The van der Waals surface area contributed by atoms with Crippen molar-refractivity contribution >= 4 is 17.9 Å². The Hall–Kier alpha value is -4.13. The van der Waals surface area contributed by atoms with Gasteiger partial charge in [0.1, 0.15) is 6.04 Å². The second-order valence-corrected chi connectivity index (χ2v) is 8.71. The van der Waals surface area contributed by atoms with Gasteiger partial charge in [-0.3, -0.25) is 9.59 Å². The number of hydrogen-bond donors (Lipinski definition) is 2. The zero-order chi connectivity index (χ0) is 24.6. The molecule has 2 unspecified atom stereocenters. The molecule has 4 rings (SSSR count). The molecule has 1 aliphatic rings. The van der Waals surface area contributed by atoms with Gasteiger partial charge < -0.3 is 20.2 Å². The quantitative estimate of drug-likeness (QED) is 0.524. The average molecular weight is 472 g/mol. The number of piperazine rings is 1. The molecule has 0 aromatic heterocycles. The number of carbonyl (C=O) groups is 3. The summed E-state index contributed by atoms with van der Waals surface area (Å²) in [6.45, 7) is 0.806. The lowest BCUT2D eigenvalue weighted by atomic mass is 9.96. The van der Waals surface area contributed by atoms with Gasteiger partial charge in [0.2, 0.25) is 5.91 Å². The van der Waals surface area contributed by atoms with Crippen molar-refractivity contribution in [3.63, 3.8) is 0 Å². The van der Waals surface area contributed by atoms with Gasteiger partial charge in [-0.1, -0.05) is 91.0 Å². The molecule has 2 atom stereocenters. The second kappa shape index (κ2) is 11.3. The van der Waals surface area contributed by atoms with E-state index >= 15 is 0 Å². The highest BCUT2D eigenvalue weighted by Gasteiger charge is 2.43. The predicted molar refractivity (Wildman–Crippen MR) is 132 cm³/mol. The van der Waals surface area contributed by atoms with Crippen molar-refractivity contribution in [1.29, 1.82) is 0 Å². The summed E-state index contributed by atoms with van der Waals surface area (Å²) < 4.78 is 0. The summed E-state index contributed by atoms with van der Waals surface area (Å²) in [5, 5.41) is 12.5. The Morgan fingerprint density at radius 2 is 1.37 bits per heavy atom. The Kier molecular flexibility index (Phi) is 7.77. The molecule has 3 amide bonds. The van der Waals surface area contributed by atoms with Gasteiger partial charge in [0, 0.05) is 26.1 Å². The molecule has 0 radical (unpaired) electrons. The van der Waals surface area contributed by atoms with Crippen molar-refractivity contribution in [3.8, 4) is 0 Å². The van der Waals surface area contributed by atoms with Crippen LogP contribution in [0.15, 0.2) is 91.0 Å². The van der Waals surface area contributed by atoms with Crippen molar-refractivity contribution in [1.82, 2.24) is 15.1 Å². The lowest BCUT2D eigenvalue weighted by molar-refractivity contribution is -0.148. The Labute approximate surface area is 205 Å². The maximum Gasteiger partial charge on any atom is 0.318 e. The van der Waals surface area contributed by atoms with Crippen LogP contribution in [0.4, 0.5) is 4.79 Å². The lowest BCUT2D eigenvalue weighted by Crippen LogP contribution is -2.65. The van der Waals surface area contributed by atoms with Crippen molar-refractivity contribution in [2.24, 2.45) is 0 Å². The maximum atomic E-state index is 13.7. The number of benzene rings is 3. The molecule has 7 nitrogen and oxygen atoms in total. The normalized spacial score (nSPS) is 17.8. The number of hydrogen-bond acceptors (Lipinski definition) is 3. The standard InChI is InChI=1S/C28H29N3O4/c32-26(33)17-24-20-30(19-23-14-8-3-9-15-23)27(34)25(16-21-10-4-1-5-11-21)31(24)28(35)29-18-22-12-6-2-7-13-22/h1-15,24-25H,16-20H2,(H,29,35)(H,32,33). The first-order valence-electron chi connectivity index (χ1n) is 11.7. The number of nitrogens with one attached hydrogen (secondary N) is 1. The maximum absolute atomic E-state index is 13.7. The molecule has 0 spiro atoms. The van der Waals surface area contributed by atoms with Crippen molar-refractivity contribution in [2.45, 2.75) is 38.0 Å². The molecule has 3 aromatic rings. The number of carboxylic acids is 1. The largest absolute Gasteiger partial charge is 0.481 e. The fraction of sp³-hybridized carbons (Fsp3) is 0.250. The van der Waals surface area contributed by atoms with Gasteiger partial charge in [-0.25, -0.2) is 4.79 Å². The predicted octanol–water partition coefficient (Wildman–Crippen LogP) is 3.70.